The van der Waals surface area contributed by atoms with E-state index in [1.165, 1.54) is 37.8 Å². The van der Waals surface area contributed by atoms with Gasteiger partial charge in [0.2, 0.25) is 0 Å². The van der Waals surface area contributed by atoms with Gasteiger partial charge in [0, 0.05) is 16.6 Å². The first-order chi connectivity index (χ1) is 9.88. The van der Waals surface area contributed by atoms with Gasteiger partial charge in [-0.1, -0.05) is 41.6 Å². The minimum Gasteiger partial charge on any atom is -0.352 e. The van der Waals surface area contributed by atoms with E-state index in [-0.39, 0.29) is 10.0 Å². The number of benzene rings is 1. The molecule has 1 aliphatic rings. The summed E-state index contributed by atoms with van der Waals surface area (Å²) >= 11 is 2.86. The summed E-state index contributed by atoms with van der Waals surface area (Å²) in [5, 5.41) is 2.70. The number of hydrogen-bond donors (Lipinski definition) is 1. The molecule has 1 amide bonds. The first-order valence-electron chi connectivity index (χ1n) is 7.03. The smallest absolute Gasteiger partial charge is 0.352 e. The van der Waals surface area contributed by atoms with Gasteiger partial charge in [-0.3, -0.25) is 4.79 Å². The summed E-state index contributed by atoms with van der Waals surface area (Å²) in [6.45, 7) is 0.515. The predicted molar refractivity (Wildman–Crippen MR) is 78.1 cm³/mol. The number of carbonyl (C=O) groups excluding carboxylic acids is 1. The van der Waals surface area contributed by atoms with Gasteiger partial charge in [0.05, 0.1) is 5.56 Å². The first-order valence-corrected chi connectivity index (χ1v) is 7.82. The second-order valence-electron chi connectivity index (χ2n) is 5.39. The van der Waals surface area contributed by atoms with E-state index in [1.54, 1.807) is 0 Å². The highest BCUT2D eigenvalue weighted by atomic mass is 79.9. The highest BCUT2D eigenvalue weighted by Gasteiger charge is 2.33. The molecular weight excluding hydrogens is 347 g/mol. The van der Waals surface area contributed by atoms with Crippen molar-refractivity contribution in [1.29, 1.82) is 0 Å². The van der Waals surface area contributed by atoms with Crippen molar-refractivity contribution in [2.75, 3.05) is 6.54 Å². The molecule has 2 nitrogen and oxygen atoms in total. The van der Waals surface area contributed by atoms with Gasteiger partial charge >= 0.3 is 6.18 Å². The van der Waals surface area contributed by atoms with Crippen LogP contribution in [0.3, 0.4) is 0 Å². The first kappa shape index (κ1) is 16.3. The Kier molecular flexibility index (Phi) is 5.30. The SMILES string of the molecule is O=C(NCCC1CCCC1)c1ccc(Br)c(C(F)(F)F)c1. The lowest BCUT2D eigenvalue weighted by molar-refractivity contribution is -0.138. The average Bonchev–Trinajstić information content (AvgIpc) is 2.91. The van der Waals surface area contributed by atoms with Crippen LogP contribution in [0.1, 0.15) is 48.0 Å². The zero-order valence-corrected chi connectivity index (χ0v) is 13.1. The van der Waals surface area contributed by atoms with Crippen molar-refractivity contribution in [3.05, 3.63) is 33.8 Å². The third-order valence-corrected chi connectivity index (χ3v) is 4.54. The van der Waals surface area contributed by atoms with Gasteiger partial charge in [-0.2, -0.15) is 13.2 Å². The molecule has 6 heteroatoms. The Hall–Kier alpha value is -1.04. The fraction of sp³-hybridized carbons (Fsp3) is 0.533. The number of alkyl halides is 3. The van der Waals surface area contributed by atoms with Crippen molar-refractivity contribution in [2.24, 2.45) is 5.92 Å². The molecule has 0 unspecified atom stereocenters. The number of halogens is 4. The summed E-state index contributed by atoms with van der Waals surface area (Å²) in [5.74, 6) is 0.187. The fourth-order valence-corrected chi connectivity index (χ4v) is 3.15. The molecule has 21 heavy (non-hydrogen) atoms. The van der Waals surface area contributed by atoms with Crippen LogP contribution in [0.15, 0.2) is 22.7 Å². The normalized spacial score (nSPS) is 16.2. The van der Waals surface area contributed by atoms with Crippen LogP contribution < -0.4 is 5.32 Å². The van der Waals surface area contributed by atoms with Crippen molar-refractivity contribution in [3.63, 3.8) is 0 Å². The molecule has 0 aliphatic heterocycles. The van der Waals surface area contributed by atoms with Crippen LogP contribution in [-0.2, 0) is 6.18 Å². The van der Waals surface area contributed by atoms with Gasteiger partial charge in [0.25, 0.3) is 5.91 Å². The Bertz CT molecular complexity index is 510. The van der Waals surface area contributed by atoms with Crippen LogP contribution in [0.4, 0.5) is 13.2 Å². The molecule has 1 N–H and O–H groups in total. The van der Waals surface area contributed by atoms with Gasteiger partial charge in [0.1, 0.15) is 0 Å². The van der Waals surface area contributed by atoms with Crippen molar-refractivity contribution in [1.82, 2.24) is 5.32 Å². The molecule has 1 aliphatic carbocycles. The van der Waals surface area contributed by atoms with E-state index < -0.39 is 17.6 Å². The molecule has 0 atom stereocenters. The third-order valence-electron chi connectivity index (χ3n) is 3.85. The zero-order valence-electron chi connectivity index (χ0n) is 11.5. The van der Waals surface area contributed by atoms with Gasteiger partial charge in [-0.15, -0.1) is 0 Å². The number of nitrogens with one attached hydrogen (secondary N) is 1. The molecule has 2 rings (SSSR count). The van der Waals surface area contributed by atoms with Crippen molar-refractivity contribution >= 4 is 21.8 Å². The lowest BCUT2D eigenvalue weighted by atomic mass is 10.0. The molecule has 116 valence electrons. The Balaban J connectivity index is 1.95. The lowest BCUT2D eigenvalue weighted by Crippen LogP contribution is -2.26. The van der Waals surface area contributed by atoms with Crippen LogP contribution in [0.2, 0.25) is 0 Å². The lowest BCUT2D eigenvalue weighted by Gasteiger charge is -2.12. The predicted octanol–water partition coefficient (Wildman–Crippen LogP) is 4.78. The summed E-state index contributed by atoms with van der Waals surface area (Å²) in [5.41, 5.74) is -0.789. The van der Waals surface area contributed by atoms with Crippen molar-refractivity contribution < 1.29 is 18.0 Å². The van der Waals surface area contributed by atoms with Crippen molar-refractivity contribution in [3.8, 4) is 0 Å². The van der Waals surface area contributed by atoms with Crippen LogP contribution in [0.25, 0.3) is 0 Å². The molecule has 0 heterocycles. The van der Waals surface area contributed by atoms with Crippen molar-refractivity contribution in [2.45, 2.75) is 38.3 Å². The van der Waals surface area contributed by atoms with E-state index in [2.05, 4.69) is 21.2 Å². The van der Waals surface area contributed by atoms with E-state index in [1.807, 2.05) is 0 Å². The largest absolute Gasteiger partial charge is 0.417 e. The van der Waals surface area contributed by atoms with Gasteiger partial charge in [-0.05, 0) is 30.5 Å². The summed E-state index contributed by atoms with van der Waals surface area (Å²) in [6.07, 6.45) is 1.27. The number of rotatable bonds is 4. The number of amides is 1. The summed E-state index contributed by atoms with van der Waals surface area (Å²) in [6, 6.07) is 3.54. The number of carbonyl (C=O) groups is 1. The number of hydrogen-bond acceptors (Lipinski definition) is 1. The van der Waals surface area contributed by atoms with E-state index in [4.69, 9.17) is 0 Å². The van der Waals surface area contributed by atoms with E-state index in [0.717, 1.165) is 12.5 Å². The molecule has 0 radical (unpaired) electrons. The van der Waals surface area contributed by atoms with Gasteiger partial charge in [0.15, 0.2) is 0 Å². The third kappa shape index (κ3) is 4.46. The van der Waals surface area contributed by atoms with Crippen LogP contribution in [-0.4, -0.2) is 12.5 Å². The van der Waals surface area contributed by atoms with E-state index in [0.29, 0.717) is 12.5 Å². The summed E-state index contributed by atoms with van der Waals surface area (Å²) in [4.78, 5) is 11.9. The molecule has 1 saturated carbocycles. The second kappa shape index (κ2) is 6.81. The topological polar surface area (TPSA) is 29.1 Å². The molecular formula is C15H17BrF3NO. The molecule has 0 saturated heterocycles. The Labute approximate surface area is 130 Å². The average molecular weight is 364 g/mol. The van der Waals surface area contributed by atoms with E-state index in [9.17, 15) is 18.0 Å². The maximum Gasteiger partial charge on any atom is 0.417 e. The highest BCUT2D eigenvalue weighted by molar-refractivity contribution is 9.10. The van der Waals surface area contributed by atoms with Gasteiger partial charge in [-0.25, -0.2) is 0 Å². The Morgan fingerprint density at radius 2 is 1.95 bits per heavy atom. The Morgan fingerprint density at radius 3 is 2.57 bits per heavy atom. The molecule has 1 aromatic carbocycles. The minimum atomic E-state index is -4.47. The minimum absolute atomic E-state index is 0.0388. The monoisotopic (exact) mass is 363 g/mol. The second-order valence-corrected chi connectivity index (χ2v) is 6.24. The molecule has 1 aromatic rings. The van der Waals surface area contributed by atoms with Gasteiger partial charge < -0.3 is 5.32 Å². The molecule has 1 fully saturated rings. The van der Waals surface area contributed by atoms with Crippen LogP contribution in [0.5, 0.6) is 0 Å². The van der Waals surface area contributed by atoms with Crippen LogP contribution >= 0.6 is 15.9 Å². The standard InChI is InChI=1S/C15H17BrF3NO/c16-13-6-5-11(9-12(13)15(17,18)19)14(21)20-8-7-10-3-1-2-4-10/h5-6,9-10H,1-4,7-8H2,(H,20,21). The fourth-order valence-electron chi connectivity index (χ4n) is 2.67. The zero-order chi connectivity index (χ0) is 15.5. The maximum absolute atomic E-state index is 12.8. The molecule has 0 bridgehead atoms. The van der Waals surface area contributed by atoms with E-state index >= 15 is 0 Å². The molecule has 0 aromatic heterocycles. The highest BCUT2D eigenvalue weighted by Crippen LogP contribution is 2.35. The summed E-state index contributed by atoms with van der Waals surface area (Å²) in [7, 11) is 0. The molecule has 0 spiro atoms. The quantitative estimate of drug-likeness (QED) is 0.819. The Morgan fingerprint density at radius 1 is 1.29 bits per heavy atom. The summed E-state index contributed by atoms with van der Waals surface area (Å²) < 4.78 is 38.3. The van der Waals surface area contributed by atoms with Crippen LogP contribution in [0, 0.1) is 5.92 Å². The maximum atomic E-state index is 12.8.